The first-order valence-corrected chi connectivity index (χ1v) is 6.55. The number of hydrogen-bond donors (Lipinski definition) is 0. The molecule has 2 heteroatoms. The van der Waals surface area contributed by atoms with Crippen molar-refractivity contribution in [2.45, 2.75) is 44.7 Å². The maximum Gasteiger partial charge on any atom is 0.104 e. The van der Waals surface area contributed by atoms with Crippen LogP contribution >= 0.6 is 0 Å². The Labute approximate surface area is 105 Å². The van der Waals surface area contributed by atoms with Crippen molar-refractivity contribution >= 4 is 0 Å². The van der Waals surface area contributed by atoms with Crippen molar-refractivity contribution in [1.82, 2.24) is 0 Å². The molecule has 2 rings (SSSR count). The van der Waals surface area contributed by atoms with Crippen LogP contribution in [-0.2, 0) is 6.54 Å². The van der Waals surface area contributed by atoms with E-state index in [4.69, 9.17) is 0 Å². The Bertz CT molecular complexity index is 315. The van der Waals surface area contributed by atoms with Crippen LogP contribution in [0.5, 0.6) is 0 Å². The number of hydrogen-bond acceptors (Lipinski definition) is 1. The van der Waals surface area contributed by atoms with Gasteiger partial charge in [0.1, 0.15) is 6.54 Å². The number of rotatable bonds is 3. The minimum atomic E-state index is 0. The third-order valence-electron chi connectivity index (χ3n) is 4.00. The highest BCUT2D eigenvalue weighted by Crippen LogP contribution is 2.27. The van der Waals surface area contributed by atoms with E-state index in [-0.39, 0.29) is 5.48 Å². The Balaban J connectivity index is 0.00000144. The van der Waals surface area contributed by atoms with Crippen LogP contribution in [0, 0.1) is 0 Å². The summed E-state index contributed by atoms with van der Waals surface area (Å²) >= 11 is 0. The third-order valence-corrected chi connectivity index (χ3v) is 4.00. The van der Waals surface area contributed by atoms with Crippen molar-refractivity contribution in [3.8, 4) is 0 Å². The van der Waals surface area contributed by atoms with Gasteiger partial charge in [-0.25, -0.2) is 0 Å². The molecule has 2 nitrogen and oxygen atoms in total. The summed E-state index contributed by atoms with van der Waals surface area (Å²) in [5.41, 5.74) is 1.47. The smallest absolute Gasteiger partial charge is 0.104 e. The van der Waals surface area contributed by atoms with Gasteiger partial charge >= 0.3 is 0 Å². The molecule has 0 aliphatic heterocycles. The molecule has 0 radical (unpaired) electrons. The highest BCUT2D eigenvalue weighted by Gasteiger charge is 2.29. The van der Waals surface area contributed by atoms with Gasteiger partial charge in [-0.3, -0.25) is 0 Å². The normalized spacial score (nSPS) is 17.5. The summed E-state index contributed by atoms with van der Waals surface area (Å²) < 4.78 is 1.16. The topological polar surface area (TPSA) is 30.0 Å². The summed E-state index contributed by atoms with van der Waals surface area (Å²) in [5.74, 6) is 0. The summed E-state index contributed by atoms with van der Waals surface area (Å²) in [6.07, 6.45) is 7.14. The molecule has 0 saturated heterocycles. The van der Waals surface area contributed by atoms with E-state index in [0.29, 0.717) is 0 Å². The van der Waals surface area contributed by atoms with Crippen molar-refractivity contribution in [2.75, 3.05) is 14.1 Å². The maximum absolute atomic E-state index is 2.39. The van der Waals surface area contributed by atoms with Gasteiger partial charge in [-0.1, -0.05) is 36.8 Å². The van der Waals surface area contributed by atoms with Gasteiger partial charge in [0.05, 0.1) is 20.1 Å². The predicted octanol–water partition coefficient (Wildman–Crippen LogP) is 3.42. The molecule has 1 N–H and O–H groups in total. The van der Waals surface area contributed by atoms with Gasteiger partial charge in [0.25, 0.3) is 0 Å². The molecule has 0 heterocycles. The van der Waals surface area contributed by atoms with Gasteiger partial charge in [0.2, 0.25) is 0 Å². The van der Waals surface area contributed by atoms with Gasteiger partial charge in [0, 0.05) is 5.56 Å². The second-order valence-corrected chi connectivity index (χ2v) is 5.71. The number of benzene rings is 1. The van der Waals surface area contributed by atoms with Crippen molar-refractivity contribution in [2.24, 2.45) is 0 Å². The monoisotopic (exact) mass is 235 g/mol. The molecule has 1 aromatic rings. The minimum Gasteiger partial charge on any atom is -0.870 e. The average Bonchev–Trinajstić information content (AvgIpc) is 2.31. The first kappa shape index (κ1) is 14.2. The van der Waals surface area contributed by atoms with E-state index in [0.717, 1.165) is 10.5 Å². The first-order valence-electron chi connectivity index (χ1n) is 6.55. The molecule has 0 unspecified atom stereocenters. The van der Waals surface area contributed by atoms with Crippen LogP contribution in [0.25, 0.3) is 0 Å². The molecule has 0 bridgehead atoms. The fourth-order valence-corrected chi connectivity index (χ4v) is 2.96. The molecule has 1 aliphatic rings. The van der Waals surface area contributed by atoms with Crippen LogP contribution in [0.1, 0.15) is 37.7 Å². The Morgan fingerprint density at radius 1 is 1.00 bits per heavy atom. The number of quaternary nitrogens is 1. The highest BCUT2D eigenvalue weighted by molar-refractivity contribution is 5.13. The molecule has 17 heavy (non-hydrogen) atoms. The van der Waals surface area contributed by atoms with E-state index < -0.39 is 0 Å². The molecule has 1 fully saturated rings. The highest BCUT2D eigenvalue weighted by atomic mass is 16.0. The van der Waals surface area contributed by atoms with Crippen molar-refractivity contribution in [3.63, 3.8) is 0 Å². The average molecular weight is 235 g/mol. The lowest BCUT2D eigenvalue weighted by Crippen LogP contribution is -2.48. The first-order chi connectivity index (χ1) is 7.68. The Kier molecular flexibility index (Phi) is 5.16. The summed E-state index contributed by atoms with van der Waals surface area (Å²) in [6, 6.07) is 11.8. The minimum absolute atomic E-state index is 0. The lowest BCUT2D eigenvalue weighted by atomic mass is 9.92. The zero-order valence-electron chi connectivity index (χ0n) is 11.1. The second kappa shape index (κ2) is 6.18. The third kappa shape index (κ3) is 3.83. The fourth-order valence-electron chi connectivity index (χ4n) is 2.96. The SMILES string of the molecule is C[N+](C)(Cc1ccccc1)C1CCCCC1.[OH-]. The molecule has 1 aromatic carbocycles. The van der Waals surface area contributed by atoms with Gasteiger partial charge in [-0.2, -0.15) is 0 Å². The van der Waals surface area contributed by atoms with E-state index in [1.54, 1.807) is 0 Å². The lowest BCUT2D eigenvalue weighted by molar-refractivity contribution is -0.929. The zero-order valence-corrected chi connectivity index (χ0v) is 11.1. The van der Waals surface area contributed by atoms with Gasteiger partial charge in [-0.05, 0) is 25.7 Å². The summed E-state index contributed by atoms with van der Waals surface area (Å²) in [5, 5.41) is 0. The van der Waals surface area contributed by atoms with Gasteiger partial charge < -0.3 is 9.96 Å². The van der Waals surface area contributed by atoms with E-state index in [2.05, 4.69) is 44.4 Å². The zero-order chi connectivity index (χ0) is 11.4. The van der Waals surface area contributed by atoms with E-state index in [9.17, 15) is 0 Å². The lowest BCUT2D eigenvalue weighted by Gasteiger charge is -2.40. The summed E-state index contributed by atoms with van der Waals surface area (Å²) in [7, 11) is 4.78. The number of nitrogens with zero attached hydrogens (tertiary/aromatic N) is 1. The summed E-state index contributed by atoms with van der Waals surface area (Å²) in [4.78, 5) is 0. The van der Waals surface area contributed by atoms with Crippen molar-refractivity contribution in [3.05, 3.63) is 35.9 Å². The fraction of sp³-hybridized carbons (Fsp3) is 0.600. The van der Waals surface area contributed by atoms with Gasteiger partial charge in [0.15, 0.2) is 0 Å². The maximum atomic E-state index is 2.39. The van der Waals surface area contributed by atoms with Gasteiger partial charge in [-0.15, -0.1) is 0 Å². The molecule has 0 atom stereocenters. The Morgan fingerprint density at radius 2 is 1.59 bits per heavy atom. The van der Waals surface area contributed by atoms with Crippen LogP contribution in [-0.4, -0.2) is 30.1 Å². The molecular formula is C15H25NO. The predicted molar refractivity (Wildman–Crippen MR) is 71.1 cm³/mol. The van der Waals surface area contributed by atoms with E-state index in [1.807, 2.05) is 0 Å². The molecular weight excluding hydrogens is 210 g/mol. The Hall–Kier alpha value is -0.860. The summed E-state index contributed by atoms with van der Waals surface area (Å²) in [6.45, 7) is 1.17. The van der Waals surface area contributed by atoms with Crippen molar-refractivity contribution < 1.29 is 9.96 Å². The van der Waals surface area contributed by atoms with Crippen LogP contribution < -0.4 is 0 Å². The molecule has 0 aromatic heterocycles. The molecule has 0 spiro atoms. The van der Waals surface area contributed by atoms with Crippen LogP contribution in [0.4, 0.5) is 0 Å². The standard InChI is InChI=1S/C15H24N.H2O/c1-16(2,15-11-7-4-8-12-15)13-14-9-5-3-6-10-14;/h3,5-6,9-10,15H,4,7-8,11-13H2,1-2H3;1H2/q+1;/p-1. The van der Waals surface area contributed by atoms with Crippen LogP contribution in [0.2, 0.25) is 0 Å². The molecule has 0 amide bonds. The quantitative estimate of drug-likeness (QED) is 0.738. The van der Waals surface area contributed by atoms with E-state index >= 15 is 0 Å². The molecule has 1 aliphatic carbocycles. The van der Waals surface area contributed by atoms with Crippen LogP contribution in [0.15, 0.2) is 30.3 Å². The van der Waals surface area contributed by atoms with Crippen molar-refractivity contribution in [1.29, 1.82) is 0 Å². The Morgan fingerprint density at radius 3 is 2.18 bits per heavy atom. The molecule has 96 valence electrons. The van der Waals surface area contributed by atoms with Crippen LogP contribution in [0.3, 0.4) is 0 Å². The second-order valence-electron chi connectivity index (χ2n) is 5.71. The van der Waals surface area contributed by atoms with E-state index in [1.165, 1.54) is 44.2 Å². The largest absolute Gasteiger partial charge is 0.870 e. The molecule has 1 saturated carbocycles.